The van der Waals surface area contributed by atoms with Crippen LogP contribution in [0.15, 0.2) is 12.2 Å². The van der Waals surface area contributed by atoms with Gasteiger partial charge in [-0.15, -0.1) is 0 Å². The maximum absolute atomic E-state index is 5.21. The summed E-state index contributed by atoms with van der Waals surface area (Å²) in [5.41, 5.74) is 5.21. The van der Waals surface area contributed by atoms with Crippen molar-refractivity contribution >= 4 is 0 Å². The van der Waals surface area contributed by atoms with Gasteiger partial charge in [-0.2, -0.15) is 0 Å². The van der Waals surface area contributed by atoms with Crippen LogP contribution in [0.3, 0.4) is 0 Å². The van der Waals surface area contributed by atoms with E-state index in [0.29, 0.717) is 0 Å². The highest BCUT2D eigenvalue weighted by molar-refractivity contribution is 4.73. The van der Waals surface area contributed by atoms with Gasteiger partial charge in [0.1, 0.15) is 0 Å². The molecule has 0 saturated carbocycles. The van der Waals surface area contributed by atoms with Gasteiger partial charge in [-0.25, -0.2) is 0 Å². The van der Waals surface area contributed by atoms with Gasteiger partial charge in [-0.05, 0) is 26.3 Å². The molecule has 0 aliphatic heterocycles. The number of nitrogens with two attached hydrogens (primary N) is 1. The van der Waals surface area contributed by atoms with E-state index >= 15 is 0 Å². The van der Waals surface area contributed by atoms with Gasteiger partial charge in [0.25, 0.3) is 0 Å². The Morgan fingerprint density at radius 1 is 1.18 bits per heavy atom. The predicted molar refractivity (Wildman–Crippen MR) is 53.7 cm³/mol. The maximum atomic E-state index is 5.21. The fourth-order valence-corrected chi connectivity index (χ4v) is 0.630. The second-order valence-corrected chi connectivity index (χ2v) is 2.47. The van der Waals surface area contributed by atoms with E-state index in [1.54, 1.807) is 0 Å². The largest absolute Gasteiger partial charge is 0.330 e. The molecular weight excluding hydrogens is 134 g/mol. The molecule has 0 radical (unpaired) electrons. The van der Waals surface area contributed by atoms with Crippen LogP contribution in [-0.2, 0) is 0 Å². The average molecular weight is 157 g/mol. The molecule has 0 aromatic heterocycles. The molecule has 0 unspecified atom stereocenters. The minimum absolute atomic E-state index is 0.855. The molecule has 0 aromatic carbocycles. The van der Waals surface area contributed by atoms with Crippen molar-refractivity contribution in [3.8, 4) is 0 Å². The fourth-order valence-electron chi connectivity index (χ4n) is 0.630. The molecule has 0 bridgehead atoms. The van der Waals surface area contributed by atoms with Crippen molar-refractivity contribution in [2.75, 3.05) is 6.54 Å². The molecule has 68 valence electrons. The van der Waals surface area contributed by atoms with Gasteiger partial charge < -0.3 is 5.73 Å². The lowest BCUT2D eigenvalue weighted by atomic mass is 10.3. The molecule has 0 spiro atoms. The first-order valence-corrected chi connectivity index (χ1v) is 4.64. The number of hydrogen-bond acceptors (Lipinski definition) is 1. The van der Waals surface area contributed by atoms with Gasteiger partial charge in [0, 0.05) is 0 Å². The number of unbranched alkanes of at least 4 members (excludes halogenated alkanes) is 2. The van der Waals surface area contributed by atoms with E-state index in [-0.39, 0.29) is 0 Å². The SMILES string of the molecule is CC=CCC.CCCCCN. The van der Waals surface area contributed by atoms with Crippen molar-refractivity contribution in [3.05, 3.63) is 12.2 Å². The molecule has 0 atom stereocenters. The lowest BCUT2D eigenvalue weighted by molar-refractivity contribution is 0.727. The lowest BCUT2D eigenvalue weighted by Gasteiger charge is -1.86. The van der Waals surface area contributed by atoms with Crippen LogP contribution >= 0.6 is 0 Å². The quantitative estimate of drug-likeness (QED) is 0.492. The Balaban J connectivity index is 0. The van der Waals surface area contributed by atoms with Crippen LogP contribution in [0.2, 0.25) is 0 Å². The second-order valence-electron chi connectivity index (χ2n) is 2.47. The average Bonchev–Trinajstić information content (AvgIpc) is 2.04. The van der Waals surface area contributed by atoms with E-state index in [4.69, 9.17) is 5.73 Å². The van der Waals surface area contributed by atoms with Gasteiger partial charge in [0.05, 0.1) is 0 Å². The minimum atomic E-state index is 0.855. The molecular formula is C10H23N. The molecule has 0 fully saturated rings. The molecule has 0 heterocycles. The third-order valence-corrected chi connectivity index (χ3v) is 1.28. The molecule has 0 aliphatic carbocycles. The van der Waals surface area contributed by atoms with Crippen molar-refractivity contribution in [3.63, 3.8) is 0 Å². The van der Waals surface area contributed by atoms with Crippen LogP contribution in [0.1, 0.15) is 46.5 Å². The number of allylic oxidation sites excluding steroid dienone is 2. The van der Waals surface area contributed by atoms with Gasteiger partial charge in [0.2, 0.25) is 0 Å². The molecule has 0 amide bonds. The topological polar surface area (TPSA) is 26.0 Å². The van der Waals surface area contributed by atoms with Crippen molar-refractivity contribution in [1.29, 1.82) is 0 Å². The zero-order chi connectivity index (χ0) is 8.95. The van der Waals surface area contributed by atoms with E-state index in [0.717, 1.165) is 13.0 Å². The Morgan fingerprint density at radius 2 is 1.82 bits per heavy atom. The predicted octanol–water partition coefficient (Wildman–Crippen LogP) is 3.11. The normalized spacial score (nSPS) is 9.45. The number of rotatable bonds is 4. The molecule has 2 N–H and O–H groups in total. The van der Waals surface area contributed by atoms with Crippen LogP contribution in [-0.4, -0.2) is 6.54 Å². The minimum Gasteiger partial charge on any atom is -0.330 e. The Hall–Kier alpha value is -0.300. The summed E-state index contributed by atoms with van der Waals surface area (Å²) in [5, 5.41) is 0. The zero-order valence-corrected chi connectivity index (χ0v) is 8.27. The summed E-state index contributed by atoms with van der Waals surface area (Å²) in [6.07, 6.45) is 9.10. The summed E-state index contributed by atoms with van der Waals surface area (Å²) in [7, 11) is 0. The van der Waals surface area contributed by atoms with Crippen LogP contribution in [0, 0.1) is 0 Å². The Bertz CT molecular complexity index is 63.3. The summed E-state index contributed by atoms with van der Waals surface area (Å²) < 4.78 is 0. The standard InChI is InChI=1S/C5H13N.C5H10/c1-2-3-4-5-6;1-3-5-4-2/h2-6H2,1H3;3,5H,4H2,1-2H3. The third-order valence-electron chi connectivity index (χ3n) is 1.28. The fraction of sp³-hybridized carbons (Fsp3) is 0.800. The molecule has 0 aliphatic rings. The summed E-state index contributed by atoms with van der Waals surface area (Å²) in [6, 6.07) is 0. The van der Waals surface area contributed by atoms with E-state index in [2.05, 4.69) is 26.0 Å². The smallest absolute Gasteiger partial charge is 0.00773 e. The molecule has 1 nitrogen and oxygen atoms in total. The van der Waals surface area contributed by atoms with Gasteiger partial charge in [-0.3, -0.25) is 0 Å². The van der Waals surface area contributed by atoms with E-state index in [1.165, 1.54) is 19.3 Å². The Labute approximate surface area is 71.7 Å². The summed E-state index contributed by atoms with van der Waals surface area (Å²) in [6.45, 7) is 7.19. The molecule has 11 heavy (non-hydrogen) atoms. The van der Waals surface area contributed by atoms with Crippen molar-refractivity contribution in [1.82, 2.24) is 0 Å². The highest BCUT2D eigenvalue weighted by atomic mass is 14.5. The van der Waals surface area contributed by atoms with Crippen molar-refractivity contribution in [2.45, 2.75) is 46.5 Å². The molecule has 0 saturated heterocycles. The highest BCUT2D eigenvalue weighted by Gasteiger charge is 1.75. The van der Waals surface area contributed by atoms with Crippen LogP contribution in [0.25, 0.3) is 0 Å². The van der Waals surface area contributed by atoms with E-state index in [9.17, 15) is 0 Å². The maximum Gasteiger partial charge on any atom is -0.00773 e. The molecule has 0 aromatic rings. The Morgan fingerprint density at radius 3 is 1.91 bits per heavy atom. The van der Waals surface area contributed by atoms with Crippen molar-refractivity contribution < 1.29 is 0 Å². The zero-order valence-electron chi connectivity index (χ0n) is 8.27. The van der Waals surface area contributed by atoms with Crippen molar-refractivity contribution in [2.24, 2.45) is 5.73 Å². The number of hydrogen-bond donors (Lipinski definition) is 1. The third kappa shape index (κ3) is 26.0. The van der Waals surface area contributed by atoms with Gasteiger partial charge >= 0.3 is 0 Å². The van der Waals surface area contributed by atoms with E-state index < -0.39 is 0 Å². The first-order chi connectivity index (χ1) is 5.33. The van der Waals surface area contributed by atoms with Gasteiger partial charge in [-0.1, -0.05) is 38.8 Å². The van der Waals surface area contributed by atoms with Crippen LogP contribution in [0.5, 0.6) is 0 Å². The van der Waals surface area contributed by atoms with E-state index in [1.807, 2.05) is 6.92 Å². The first-order valence-electron chi connectivity index (χ1n) is 4.64. The molecule has 0 rings (SSSR count). The summed E-state index contributed by atoms with van der Waals surface area (Å²) in [5.74, 6) is 0. The lowest BCUT2D eigenvalue weighted by Crippen LogP contribution is -1.96. The first kappa shape index (κ1) is 13.3. The monoisotopic (exact) mass is 157 g/mol. The van der Waals surface area contributed by atoms with Crippen LogP contribution < -0.4 is 5.73 Å². The van der Waals surface area contributed by atoms with Gasteiger partial charge in [0.15, 0.2) is 0 Å². The Kier molecular flexibility index (Phi) is 19.8. The second kappa shape index (κ2) is 16.4. The summed E-state index contributed by atoms with van der Waals surface area (Å²) in [4.78, 5) is 0. The molecule has 1 heteroatoms. The summed E-state index contributed by atoms with van der Waals surface area (Å²) >= 11 is 0. The van der Waals surface area contributed by atoms with Crippen LogP contribution in [0.4, 0.5) is 0 Å². The highest BCUT2D eigenvalue weighted by Crippen LogP contribution is 1.88.